The van der Waals surface area contributed by atoms with Gasteiger partial charge in [-0.2, -0.15) is 0 Å². The Bertz CT molecular complexity index is 435. The van der Waals surface area contributed by atoms with Gasteiger partial charge in [0.15, 0.2) is 0 Å². The molecule has 0 radical (unpaired) electrons. The highest BCUT2D eigenvalue weighted by Crippen LogP contribution is 2.39. The number of benzene rings is 1. The zero-order chi connectivity index (χ0) is 11.9. The molecule has 1 spiro atoms. The Balaban J connectivity index is 0.00000120. The average molecular weight is 274 g/mol. The molecule has 0 aromatic heterocycles. The summed E-state index contributed by atoms with van der Waals surface area (Å²) in [6.45, 7) is 1.67. The van der Waals surface area contributed by atoms with Crippen LogP contribution in [0.2, 0.25) is 0 Å². The normalized spacial score (nSPS) is 24.9. The Morgan fingerprint density at radius 3 is 2.78 bits per heavy atom. The number of hydrogen-bond acceptors (Lipinski definition) is 3. The molecule has 18 heavy (non-hydrogen) atoms. The van der Waals surface area contributed by atoms with Crippen LogP contribution in [0.25, 0.3) is 0 Å². The average Bonchev–Trinajstić information content (AvgIpc) is 2.33. The van der Waals surface area contributed by atoms with Gasteiger partial charge in [-0.15, -0.1) is 12.4 Å². The van der Waals surface area contributed by atoms with Crippen LogP contribution in [0.1, 0.15) is 18.4 Å². The number of nitrogens with one attached hydrogen (secondary N) is 1. The molecule has 1 saturated heterocycles. The minimum atomic E-state index is -0.617. The van der Waals surface area contributed by atoms with E-state index in [-0.39, 0.29) is 18.2 Å². The number of hydrogen-bond donors (Lipinski definition) is 2. The lowest BCUT2D eigenvalue weighted by Gasteiger charge is -2.44. The fourth-order valence-electron chi connectivity index (χ4n) is 2.78. The molecule has 1 unspecified atom stereocenters. The van der Waals surface area contributed by atoms with E-state index in [4.69, 9.17) is 4.74 Å². The minimum Gasteiger partial charge on any atom is -0.484 e. The number of aliphatic hydroxyl groups is 1. The van der Waals surface area contributed by atoms with E-state index in [1.54, 1.807) is 12.1 Å². The van der Waals surface area contributed by atoms with Crippen LogP contribution in [0.4, 0.5) is 4.39 Å². The molecule has 5 heteroatoms. The topological polar surface area (TPSA) is 41.5 Å². The fraction of sp³-hybridized carbons (Fsp3) is 0.538. The molecule has 1 aromatic rings. The maximum atomic E-state index is 13.6. The molecule has 0 amide bonds. The second-order valence-electron chi connectivity index (χ2n) is 4.85. The van der Waals surface area contributed by atoms with Gasteiger partial charge in [0.2, 0.25) is 0 Å². The summed E-state index contributed by atoms with van der Waals surface area (Å²) in [5, 5.41) is 13.5. The van der Waals surface area contributed by atoms with E-state index >= 15 is 0 Å². The molecule has 0 aliphatic carbocycles. The lowest BCUT2D eigenvalue weighted by molar-refractivity contribution is -0.0849. The minimum absolute atomic E-state index is 0. The van der Waals surface area contributed by atoms with Crippen molar-refractivity contribution in [2.45, 2.75) is 31.0 Å². The van der Waals surface area contributed by atoms with Gasteiger partial charge in [0, 0.05) is 24.8 Å². The molecule has 3 rings (SSSR count). The van der Waals surface area contributed by atoms with Crippen molar-refractivity contribution in [1.29, 1.82) is 0 Å². The van der Waals surface area contributed by atoms with Gasteiger partial charge in [0.25, 0.3) is 0 Å². The van der Waals surface area contributed by atoms with Crippen LogP contribution >= 0.6 is 12.4 Å². The van der Waals surface area contributed by atoms with E-state index in [1.165, 1.54) is 6.07 Å². The largest absolute Gasteiger partial charge is 0.484 e. The second-order valence-corrected chi connectivity index (χ2v) is 4.85. The molecule has 1 fully saturated rings. The number of ether oxygens (including phenoxy) is 1. The van der Waals surface area contributed by atoms with E-state index in [9.17, 15) is 9.50 Å². The molecule has 2 N–H and O–H groups in total. The zero-order valence-corrected chi connectivity index (χ0v) is 10.8. The van der Waals surface area contributed by atoms with Gasteiger partial charge in [-0.3, -0.25) is 0 Å². The molecule has 2 aliphatic heterocycles. The zero-order valence-electron chi connectivity index (χ0n) is 9.99. The Morgan fingerprint density at radius 2 is 2.06 bits per heavy atom. The lowest BCUT2D eigenvalue weighted by Crippen LogP contribution is -2.57. The van der Waals surface area contributed by atoms with Crippen LogP contribution in [-0.4, -0.2) is 29.9 Å². The molecule has 2 aliphatic rings. The summed E-state index contributed by atoms with van der Waals surface area (Å²) in [4.78, 5) is 0. The van der Waals surface area contributed by atoms with Crippen molar-refractivity contribution < 1.29 is 14.2 Å². The monoisotopic (exact) mass is 273 g/mol. The summed E-state index contributed by atoms with van der Waals surface area (Å²) in [5.41, 5.74) is -0.0179. The number of aliphatic hydroxyl groups excluding tert-OH is 1. The maximum Gasteiger partial charge on any atom is 0.137 e. The lowest BCUT2D eigenvalue weighted by atomic mass is 9.81. The van der Waals surface area contributed by atoms with Gasteiger partial charge in [0.1, 0.15) is 17.2 Å². The third-order valence-electron chi connectivity index (χ3n) is 3.84. The first kappa shape index (κ1) is 13.6. The van der Waals surface area contributed by atoms with E-state index in [1.807, 2.05) is 0 Å². The van der Waals surface area contributed by atoms with Crippen molar-refractivity contribution in [1.82, 2.24) is 5.32 Å². The highest BCUT2D eigenvalue weighted by Gasteiger charge is 2.45. The first-order valence-electron chi connectivity index (χ1n) is 6.06. The van der Waals surface area contributed by atoms with Crippen LogP contribution in [0.5, 0.6) is 5.75 Å². The number of piperidine rings is 1. The summed E-state index contributed by atoms with van der Waals surface area (Å²) < 4.78 is 19.5. The van der Waals surface area contributed by atoms with E-state index in [0.29, 0.717) is 17.7 Å². The molecular formula is C13H17ClFNO2. The first-order chi connectivity index (χ1) is 8.21. The van der Waals surface area contributed by atoms with Crippen LogP contribution in [-0.2, 0) is 6.42 Å². The van der Waals surface area contributed by atoms with Crippen LogP contribution < -0.4 is 10.1 Å². The molecule has 0 bridgehead atoms. The van der Waals surface area contributed by atoms with E-state index in [2.05, 4.69) is 5.32 Å². The predicted octanol–water partition coefficient (Wildman–Crippen LogP) is 1.67. The third kappa shape index (κ3) is 2.09. The summed E-state index contributed by atoms with van der Waals surface area (Å²) in [6, 6.07) is 4.85. The smallest absolute Gasteiger partial charge is 0.137 e. The Hall–Kier alpha value is -0.840. The Kier molecular flexibility index (Phi) is 3.80. The number of fused-ring (bicyclic) bond motifs is 1. The quantitative estimate of drug-likeness (QED) is 0.756. The van der Waals surface area contributed by atoms with E-state index in [0.717, 1.165) is 25.9 Å². The maximum absolute atomic E-state index is 13.6. The number of halogens is 2. The molecule has 3 nitrogen and oxygen atoms in total. The van der Waals surface area contributed by atoms with Crippen molar-refractivity contribution in [2.24, 2.45) is 0 Å². The summed E-state index contributed by atoms with van der Waals surface area (Å²) in [5.74, 6) is 0.308. The summed E-state index contributed by atoms with van der Waals surface area (Å²) in [7, 11) is 0. The highest BCUT2D eigenvalue weighted by atomic mass is 35.5. The Labute approximate surface area is 112 Å². The van der Waals surface area contributed by atoms with Gasteiger partial charge in [0.05, 0.1) is 6.10 Å². The van der Waals surface area contributed by atoms with Gasteiger partial charge in [-0.25, -0.2) is 4.39 Å². The van der Waals surface area contributed by atoms with E-state index < -0.39 is 11.7 Å². The Morgan fingerprint density at radius 1 is 1.33 bits per heavy atom. The van der Waals surface area contributed by atoms with Crippen LogP contribution in [0, 0.1) is 5.82 Å². The predicted molar refractivity (Wildman–Crippen MR) is 68.8 cm³/mol. The van der Waals surface area contributed by atoms with Crippen molar-refractivity contribution in [3.05, 3.63) is 29.6 Å². The van der Waals surface area contributed by atoms with Crippen molar-refractivity contribution in [3.8, 4) is 5.75 Å². The summed E-state index contributed by atoms with van der Waals surface area (Å²) in [6.07, 6.45) is 1.27. The molecule has 1 aromatic carbocycles. The highest BCUT2D eigenvalue weighted by molar-refractivity contribution is 5.85. The molecule has 100 valence electrons. The van der Waals surface area contributed by atoms with Crippen molar-refractivity contribution in [2.75, 3.05) is 13.1 Å². The molecule has 2 heterocycles. The van der Waals surface area contributed by atoms with Crippen LogP contribution in [0.15, 0.2) is 18.2 Å². The van der Waals surface area contributed by atoms with Gasteiger partial charge >= 0.3 is 0 Å². The second kappa shape index (κ2) is 5.03. The standard InChI is InChI=1S/C13H16FNO2.ClH/c14-10-2-1-3-11-9(10)8-12(16)13(17-11)4-6-15-7-5-13;/h1-3,12,15-16H,4-8H2;1H. The van der Waals surface area contributed by atoms with Gasteiger partial charge < -0.3 is 15.2 Å². The number of rotatable bonds is 0. The molecular weight excluding hydrogens is 257 g/mol. The molecule has 1 atom stereocenters. The van der Waals surface area contributed by atoms with Gasteiger partial charge in [-0.1, -0.05) is 6.07 Å². The third-order valence-corrected chi connectivity index (χ3v) is 3.84. The van der Waals surface area contributed by atoms with Crippen molar-refractivity contribution >= 4 is 12.4 Å². The first-order valence-corrected chi connectivity index (χ1v) is 6.06. The molecule has 0 saturated carbocycles. The van der Waals surface area contributed by atoms with Crippen molar-refractivity contribution in [3.63, 3.8) is 0 Å². The van der Waals surface area contributed by atoms with Gasteiger partial charge in [-0.05, 0) is 25.2 Å². The SMILES string of the molecule is Cl.OC1Cc2c(F)cccc2OC12CCNCC2. The summed E-state index contributed by atoms with van der Waals surface area (Å²) >= 11 is 0. The fourth-order valence-corrected chi connectivity index (χ4v) is 2.78. The van der Waals surface area contributed by atoms with Crippen LogP contribution in [0.3, 0.4) is 0 Å².